The number of nitrogens with one attached hydrogen (secondary N) is 1. The number of fused-ring (bicyclic) bond motifs is 5. The van der Waals surface area contributed by atoms with Gasteiger partial charge in [-0.1, -0.05) is 31.4 Å². The van der Waals surface area contributed by atoms with Crippen molar-refractivity contribution in [2.75, 3.05) is 6.54 Å². The van der Waals surface area contributed by atoms with E-state index in [4.69, 9.17) is 6.42 Å². The molecule has 4 rings (SSSR count). The minimum atomic E-state index is -1.97. The minimum absolute atomic E-state index is 0.00130. The first-order valence-corrected chi connectivity index (χ1v) is 10.7. The third kappa shape index (κ3) is 2.31. The van der Waals surface area contributed by atoms with Crippen molar-refractivity contribution in [3.63, 3.8) is 0 Å². The Hall–Kier alpha value is -1.97. The number of aliphatic hydroxyl groups excluding tert-OH is 1. The van der Waals surface area contributed by atoms with Crippen LogP contribution in [0.25, 0.3) is 0 Å². The molecule has 3 saturated carbocycles. The molecule has 6 heteroatoms. The third-order valence-electron chi connectivity index (χ3n) is 8.92. The van der Waals surface area contributed by atoms with Gasteiger partial charge in [0.25, 0.3) is 5.91 Å². The van der Waals surface area contributed by atoms with E-state index in [1.807, 2.05) is 0 Å². The van der Waals surface area contributed by atoms with Crippen molar-refractivity contribution in [2.24, 2.45) is 28.6 Å². The molecule has 3 N–H and O–H groups in total. The monoisotopic (exact) mass is 415 g/mol. The molecule has 0 heterocycles. The van der Waals surface area contributed by atoms with E-state index in [2.05, 4.69) is 11.2 Å². The number of amides is 1. The van der Waals surface area contributed by atoms with Gasteiger partial charge in [-0.3, -0.25) is 9.59 Å². The molecule has 8 atom stereocenters. The summed E-state index contributed by atoms with van der Waals surface area (Å²) in [5, 5.41) is 25.5. The Morgan fingerprint density at radius 2 is 2.10 bits per heavy atom. The Kier molecular flexibility index (Phi) is 4.62. The summed E-state index contributed by atoms with van der Waals surface area (Å²) in [5.41, 5.74) is -5.08. The highest BCUT2D eigenvalue weighted by Gasteiger charge is 2.75. The Morgan fingerprint density at radius 1 is 1.40 bits per heavy atom. The third-order valence-corrected chi connectivity index (χ3v) is 8.92. The number of allylic oxidation sites excluding steroid dienone is 4. The molecule has 0 saturated heterocycles. The SMILES string of the molecule is C#CCNC(=O)C1(O)C(C)CC2C3CCC4=CC(=O)C=CC4(C)C3(F)C(O)CC21C. The first-order chi connectivity index (χ1) is 14.0. The van der Waals surface area contributed by atoms with Gasteiger partial charge in [0.1, 0.15) is 0 Å². The molecular formula is C24H30FNO4. The number of terminal acetylenes is 1. The largest absolute Gasteiger partial charge is 0.390 e. The fraction of sp³-hybridized carbons (Fsp3) is 0.667. The van der Waals surface area contributed by atoms with Crippen molar-refractivity contribution >= 4 is 11.7 Å². The van der Waals surface area contributed by atoms with Crippen LogP contribution in [0.15, 0.2) is 23.8 Å². The van der Waals surface area contributed by atoms with E-state index in [-0.39, 0.29) is 24.7 Å². The first kappa shape index (κ1) is 21.3. The van der Waals surface area contributed by atoms with Gasteiger partial charge in [-0.15, -0.1) is 6.42 Å². The standard InChI is InChI=1S/C24H30FNO4/c1-5-10-26-20(29)24(30)14(2)11-18-17-7-6-15-12-16(27)8-9-21(15,3)23(17,25)19(28)13-22(18,24)4/h1,8-9,12,14,17-19,28,30H,6-7,10-11,13H2,2-4H3,(H,26,29). The maximum Gasteiger partial charge on any atom is 0.253 e. The first-order valence-electron chi connectivity index (χ1n) is 10.7. The maximum absolute atomic E-state index is 17.0. The summed E-state index contributed by atoms with van der Waals surface area (Å²) in [4.78, 5) is 24.9. The van der Waals surface area contributed by atoms with Gasteiger partial charge >= 0.3 is 0 Å². The van der Waals surface area contributed by atoms with E-state index in [0.29, 0.717) is 24.8 Å². The lowest BCUT2D eigenvalue weighted by atomic mass is 9.44. The molecule has 0 aromatic rings. The molecular weight excluding hydrogens is 385 g/mol. The second kappa shape index (κ2) is 6.51. The van der Waals surface area contributed by atoms with E-state index < -0.39 is 45.9 Å². The van der Waals surface area contributed by atoms with Gasteiger partial charge in [0.05, 0.1) is 12.6 Å². The summed E-state index contributed by atoms with van der Waals surface area (Å²) in [6, 6.07) is 0. The molecule has 1 amide bonds. The predicted octanol–water partition coefficient (Wildman–Crippen LogP) is 2.08. The number of aliphatic hydroxyl groups is 2. The lowest BCUT2D eigenvalue weighted by Gasteiger charge is -2.62. The predicted molar refractivity (Wildman–Crippen MR) is 110 cm³/mol. The molecule has 4 aliphatic rings. The van der Waals surface area contributed by atoms with Gasteiger partial charge in [-0.05, 0) is 56.6 Å². The number of rotatable bonds is 2. The second-order valence-corrected chi connectivity index (χ2v) is 10.1. The Labute approximate surface area is 176 Å². The number of halogens is 1. The van der Waals surface area contributed by atoms with Crippen LogP contribution in [-0.2, 0) is 9.59 Å². The molecule has 4 aliphatic carbocycles. The van der Waals surface area contributed by atoms with Crippen LogP contribution in [0, 0.1) is 40.9 Å². The van der Waals surface area contributed by atoms with Crippen molar-refractivity contribution in [1.29, 1.82) is 0 Å². The Morgan fingerprint density at radius 3 is 2.77 bits per heavy atom. The van der Waals surface area contributed by atoms with Gasteiger partial charge in [0.15, 0.2) is 17.1 Å². The normalized spacial score (nSPS) is 49.4. The highest BCUT2D eigenvalue weighted by Crippen LogP contribution is 2.70. The number of hydrogen-bond donors (Lipinski definition) is 3. The Bertz CT molecular complexity index is 905. The highest BCUT2D eigenvalue weighted by atomic mass is 19.1. The molecule has 30 heavy (non-hydrogen) atoms. The molecule has 162 valence electrons. The van der Waals surface area contributed by atoms with Crippen molar-refractivity contribution < 1.29 is 24.2 Å². The van der Waals surface area contributed by atoms with Crippen molar-refractivity contribution in [2.45, 2.75) is 63.8 Å². The lowest BCUT2D eigenvalue weighted by Crippen LogP contribution is -2.70. The summed E-state index contributed by atoms with van der Waals surface area (Å²) in [6.45, 7) is 5.36. The minimum Gasteiger partial charge on any atom is -0.390 e. The number of hydrogen-bond acceptors (Lipinski definition) is 4. The van der Waals surface area contributed by atoms with Crippen LogP contribution in [0.1, 0.15) is 46.5 Å². The van der Waals surface area contributed by atoms with Gasteiger partial charge in [-0.25, -0.2) is 4.39 Å². The van der Waals surface area contributed by atoms with E-state index in [9.17, 15) is 19.8 Å². The molecule has 8 unspecified atom stereocenters. The van der Waals surface area contributed by atoms with Crippen LogP contribution in [-0.4, -0.2) is 45.8 Å². The zero-order chi connectivity index (χ0) is 22.1. The van der Waals surface area contributed by atoms with Crippen LogP contribution in [0.2, 0.25) is 0 Å². The molecule has 3 fully saturated rings. The summed E-state index contributed by atoms with van der Waals surface area (Å²) < 4.78 is 17.0. The molecule has 5 nitrogen and oxygen atoms in total. The molecule has 0 aromatic heterocycles. The summed E-state index contributed by atoms with van der Waals surface area (Å²) in [7, 11) is 0. The summed E-state index contributed by atoms with van der Waals surface area (Å²) in [6.07, 6.45) is 9.82. The van der Waals surface area contributed by atoms with Gasteiger partial charge in [-0.2, -0.15) is 0 Å². The van der Waals surface area contributed by atoms with E-state index in [0.717, 1.165) is 0 Å². The van der Waals surface area contributed by atoms with Crippen LogP contribution in [0.5, 0.6) is 0 Å². The van der Waals surface area contributed by atoms with E-state index in [1.54, 1.807) is 26.8 Å². The van der Waals surface area contributed by atoms with Crippen molar-refractivity contribution in [1.82, 2.24) is 5.32 Å². The Balaban J connectivity index is 1.79. The number of ketones is 1. The topological polar surface area (TPSA) is 86.6 Å². The molecule has 0 aliphatic heterocycles. The molecule has 0 spiro atoms. The van der Waals surface area contributed by atoms with E-state index >= 15 is 4.39 Å². The fourth-order valence-corrected chi connectivity index (χ4v) is 7.30. The number of carbonyl (C=O) groups excluding carboxylic acids is 2. The van der Waals surface area contributed by atoms with Crippen LogP contribution < -0.4 is 5.32 Å². The van der Waals surface area contributed by atoms with Gasteiger partial charge in [0, 0.05) is 16.7 Å². The zero-order valence-corrected chi connectivity index (χ0v) is 17.7. The van der Waals surface area contributed by atoms with Gasteiger partial charge in [0.2, 0.25) is 0 Å². The molecule has 0 radical (unpaired) electrons. The summed E-state index contributed by atoms with van der Waals surface area (Å²) in [5.74, 6) is 0.399. The van der Waals surface area contributed by atoms with Crippen LogP contribution in [0.3, 0.4) is 0 Å². The van der Waals surface area contributed by atoms with Crippen molar-refractivity contribution in [3.05, 3.63) is 23.8 Å². The highest BCUT2D eigenvalue weighted by molar-refractivity contribution is 6.01. The van der Waals surface area contributed by atoms with Crippen molar-refractivity contribution in [3.8, 4) is 12.3 Å². The molecule has 0 aromatic carbocycles. The lowest BCUT2D eigenvalue weighted by molar-refractivity contribution is -0.219. The van der Waals surface area contributed by atoms with Crippen LogP contribution in [0.4, 0.5) is 4.39 Å². The fourth-order valence-electron chi connectivity index (χ4n) is 7.30. The second-order valence-electron chi connectivity index (χ2n) is 10.1. The average molecular weight is 416 g/mol. The van der Waals surface area contributed by atoms with E-state index in [1.165, 1.54) is 12.2 Å². The van der Waals surface area contributed by atoms with Gasteiger partial charge < -0.3 is 15.5 Å². The summed E-state index contributed by atoms with van der Waals surface area (Å²) >= 11 is 0. The quantitative estimate of drug-likeness (QED) is 0.603. The molecule has 0 bridgehead atoms. The zero-order valence-electron chi connectivity index (χ0n) is 17.7. The number of carbonyl (C=O) groups is 2. The number of alkyl halides is 1. The maximum atomic E-state index is 17.0. The van der Waals surface area contributed by atoms with Crippen LogP contribution >= 0.6 is 0 Å². The smallest absolute Gasteiger partial charge is 0.253 e. The average Bonchev–Trinajstić information content (AvgIpc) is 2.89.